The van der Waals surface area contributed by atoms with Gasteiger partial charge < -0.3 is 4.42 Å². The minimum absolute atomic E-state index is 0.158. The second-order valence-electron chi connectivity index (χ2n) is 10.2. The Hall–Kier alpha value is -5.32. The summed E-state index contributed by atoms with van der Waals surface area (Å²) in [6, 6.07) is 45.6. The van der Waals surface area contributed by atoms with Gasteiger partial charge in [-0.2, -0.15) is 9.97 Å². The van der Waals surface area contributed by atoms with Gasteiger partial charge >= 0.3 is 0 Å². The van der Waals surface area contributed by atoms with Crippen LogP contribution in [0.15, 0.2) is 138 Å². The monoisotopic (exact) mass is 559 g/mol. The first-order valence-corrected chi connectivity index (χ1v) is 14.1. The molecule has 0 amide bonds. The fourth-order valence-corrected chi connectivity index (χ4v) is 5.75. The van der Waals surface area contributed by atoms with E-state index in [0.717, 1.165) is 66.1 Å². The van der Waals surface area contributed by atoms with Crippen molar-refractivity contribution in [3.05, 3.63) is 139 Å². The molecular formula is C37H22ClN3O. The summed E-state index contributed by atoms with van der Waals surface area (Å²) in [6.07, 6.45) is 0. The molecular weight excluding hydrogens is 538 g/mol. The summed E-state index contributed by atoms with van der Waals surface area (Å²) >= 11 is 6.47. The molecule has 4 nitrogen and oxygen atoms in total. The van der Waals surface area contributed by atoms with E-state index < -0.39 is 0 Å². The van der Waals surface area contributed by atoms with Gasteiger partial charge in [-0.3, -0.25) is 0 Å². The van der Waals surface area contributed by atoms with Crippen molar-refractivity contribution >= 4 is 44.3 Å². The third kappa shape index (κ3) is 4.30. The molecule has 198 valence electrons. The quantitative estimate of drug-likeness (QED) is 0.215. The topological polar surface area (TPSA) is 51.8 Å². The number of hydrogen-bond acceptors (Lipinski definition) is 4. The maximum Gasteiger partial charge on any atom is 0.226 e. The lowest BCUT2D eigenvalue weighted by atomic mass is 9.97. The number of benzene rings is 6. The fourth-order valence-electron chi connectivity index (χ4n) is 5.59. The second kappa shape index (κ2) is 9.95. The Labute approximate surface area is 246 Å². The molecule has 8 rings (SSSR count). The number of halogens is 1. The summed E-state index contributed by atoms with van der Waals surface area (Å²) in [6.45, 7) is 0. The van der Waals surface area contributed by atoms with Gasteiger partial charge in [-0.25, -0.2) is 4.98 Å². The molecule has 0 aliphatic rings. The molecule has 8 aromatic rings. The average molecular weight is 560 g/mol. The number of para-hydroxylation sites is 1. The molecule has 2 aromatic heterocycles. The summed E-state index contributed by atoms with van der Waals surface area (Å²) in [7, 11) is 0. The van der Waals surface area contributed by atoms with Crippen molar-refractivity contribution in [1.29, 1.82) is 0 Å². The summed E-state index contributed by atoms with van der Waals surface area (Å²) in [5, 5.41) is 4.52. The van der Waals surface area contributed by atoms with Crippen molar-refractivity contribution in [2.75, 3.05) is 0 Å². The van der Waals surface area contributed by atoms with Crippen LogP contribution < -0.4 is 0 Å². The van der Waals surface area contributed by atoms with Gasteiger partial charge in [0.15, 0.2) is 11.6 Å². The Morgan fingerprint density at radius 1 is 0.429 bits per heavy atom. The lowest BCUT2D eigenvalue weighted by Gasteiger charge is -2.10. The van der Waals surface area contributed by atoms with E-state index in [2.05, 4.69) is 82.8 Å². The normalized spacial score (nSPS) is 11.5. The summed E-state index contributed by atoms with van der Waals surface area (Å²) in [5.41, 5.74) is 7.97. The van der Waals surface area contributed by atoms with Gasteiger partial charge in [-0.05, 0) is 68.9 Å². The number of furan rings is 1. The Morgan fingerprint density at radius 2 is 1.10 bits per heavy atom. The molecule has 0 spiro atoms. The smallest absolute Gasteiger partial charge is 0.226 e. The number of fused-ring (bicyclic) bond motifs is 4. The van der Waals surface area contributed by atoms with Crippen molar-refractivity contribution in [1.82, 2.24) is 15.0 Å². The first-order valence-electron chi connectivity index (χ1n) is 13.7. The molecule has 0 saturated carbocycles. The maximum atomic E-state index is 6.47. The molecule has 6 aromatic carbocycles. The van der Waals surface area contributed by atoms with E-state index in [0.29, 0.717) is 11.6 Å². The summed E-state index contributed by atoms with van der Waals surface area (Å²) in [5.74, 6) is 1.07. The van der Waals surface area contributed by atoms with E-state index in [1.165, 1.54) is 0 Å². The number of aromatic nitrogens is 3. The van der Waals surface area contributed by atoms with Gasteiger partial charge in [0.1, 0.15) is 11.2 Å². The van der Waals surface area contributed by atoms with Crippen molar-refractivity contribution in [3.8, 4) is 45.0 Å². The van der Waals surface area contributed by atoms with Crippen LogP contribution in [0.3, 0.4) is 0 Å². The van der Waals surface area contributed by atoms with E-state index in [9.17, 15) is 0 Å². The Balaban J connectivity index is 1.20. The number of rotatable bonds is 4. The van der Waals surface area contributed by atoms with E-state index in [-0.39, 0.29) is 5.28 Å². The van der Waals surface area contributed by atoms with Gasteiger partial charge in [0, 0.05) is 21.9 Å². The molecule has 0 atom stereocenters. The number of nitrogens with zero attached hydrogens (tertiary/aromatic N) is 3. The Kier molecular flexibility index (Phi) is 5.80. The van der Waals surface area contributed by atoms with E-state index >= 15 is 0 Å². The first kappa shape index (κ1) is 24.5. The Morgan fingerprint density at radius 3 is 1.98 bits per heavy atom. The zero-order valence-electron chi connectivity index (χ0n) is 22.3. The van der Waals surface area contributed by atoms with Crippen LogP contribution in [0.1, 0.15) is 0 Å². The van der Waals surface area contributed by atoms with Crippen LogP contribution in [0.4, 0.5) is 0 Å². The highest BCUT2D eigenvalue weighted by atomic mass is 35.5. The van der Waals surface area contributed by atoms with Gasteiger partial charge in [0.25, 0.3) is 0 Å². The van der Waals surface area contributed by atoms with Gasteiger partial charge in [-0.15, -0.1) is 0 Å². The van der Waals surface area contributed by atoms with E-state index in [1.54, 1.807) is 0 Å². The highest BCUT2D eigenvalue weighted by Gasteiger charge is 2.14. The predicted octanol–water partition coefficient (Wildman–Crippen LogP) is 10.2. The molecule has 5 heteroatoms. The van der Waals surface area contributed by atoms with Crippen LogP contribution in [-0.2, 0) is 0 Å². The minimum atomic E-state index is 0.158. The summed E-state index contributed by atoms with van der Waals surface area (Å²) < 4.78 is 6.15. The predicted molar refractivity (Wildman–Crippen MR) is 171 cm³/mol. The maximum absolute atomic E-state index is 6.47. The van der Waals surface area contributed by atoms with Crippen LogP contribution in [0.25, 0.3) is 77.7 Å². The minimum Gasteiger partial charge on any atom is -0.456 e. The molecule has 0 aliphatic heterocycles. The van der Waals surface area contributed by atoms with Crippen molar-refractivity contribution in [2.24, 2.45) is 0 Å². The first-order chi connectivity index (χ1) is 20.7. The molecule has 2 heterocycles. The summed E-state index contributed by atoms with van der Waals surface area (Å²) in [4.78, 5) is 13.9. The molecule has 0 radical (unpaired) electrons. The molecule has 0 bridgehead atoms. The molecule has 0 aliphatic carbocycles. The highest BCUT2D eigenvalue weighted by molar-refractivity contribution is 6.28. The fraction of sp³-hybridized carbons (Fsp3) is 0. The largest absolute Gasteiger partial charge is 0.456 e. The Bertz CT molecular complexity index is 2260. The molecule has 0 N–H and O–H groups in total. The molecule has 42 heavy (non-hydrogen) atoms. The highest BCUT2D eigenvalue weighted by Crippen LogP contribution is 2.35. The van der Waals surface area contributed by atoms with Gasteiger partial charge in [-0.1, -0.05) is 109 Å². The molecule has 0 unspecified atom stereocenters. The van der Waals surface area contributed by atoms with E-state index in [4.69, 9.17) is 21.0 Å². The SMILES string of the molecule is Clc1nc(-c2ccc(-c3ccccc3)cc2)nc(-c2cccc3ccc(-c4ccc5c(c4)oc4ccccc45)cc23)n1. The lowest BCUT2D eigenvalue weighted by Crippen LogP contribution is -1.98. The zero-order valence-corrected chi connectivity index (χ0v) is 23.1. The molecule has 0 saturated heterocycles. The van der Waals surface area contributed by atoms with Crippen molar-refractivity contribution in [2.45, 2.75) is 0 Å². The van der Waals surface area contributed by atoms with Crippen LogP contribution in [-0.4, -0.2) is 15.0 Å². The lowest BCUT2D eigenvalue weighted by molar-refractivity contribution is 0.669. The van der Waals surface area contributed by atoms with Crippen LogP contribution in [0.2, 0.25) is 5.28 Å². The van der Waals surface area contributed by atoms with Gasteiger partial charge in [0.05, 0.1) is 0 Å². The van der Waals surface area contributed by atoms with Gasteiger partial charge in [0.2, 0.25) is 5.28 Å². The molecule has 0 fully saturated rings. The zero-order chi connectivity index (χ0) is 28.0. The van der Waals surface area contributed by atoms with Crippen LogP contribution in [0.5, 0.6) is 0 Å². The van der Waals surface area contributed by atoms with Crippen molar-refractivity contribution < 1.29 is 4.42 Å². The average Bonchev–Trinajstić information content (AvgIpc) is 3.42. The van der Waals surface area contributed by atoms with Crippen LogP contribution in [0, 0.1) is 0 Å². The van der Waals surface area contributed by atoms with E-state index in [1.807, 2.05) is 60.7 Å². The third-order valence-electron chi connectivity index (χ3n) is 7.69. The second-order valence-corrected chi connectivity index (χ2v) is 10.6. The standard InChI is InChI=1S/C37H22ClN3O/c38-37-40-35(26-16-13-24(14-17-26)23-7-2-1-3-8-23)39-36(41-37)31-11-6-9-25-15-18-27(21-32(25)31)28-19-20-30-29-10-4-5-12-33(29)42-34(30)22-28/h1-22H. The number of hydrogen-bond donors (Lipinski definition) is 0. The van der Waals surface area contributed by atoms with Crippen molar-refractivity contribution in [3.63, 3.8) is 0 Å². The third-order valence-corrected chi connectivity index (χ3v) is 7.86. The van der Waals surface area contributed by atoms with Crippen LogP contribution >= 0.6 is 11.6 Å².